The van der Waals surface area contributed by atoms with Gasteiger partial charge in [0.05, 0.1) is 6.07 Å². The highest BCUT2D eigenvalue weighted by Gasteiger charge is 1.96. The number of aromatic nitrogens is 1. The Morgan fingerprint density at radius 3 is 3.00 bits per heavy atom. The standard InChI is InChI=1S/C8H7N3O/c9-3-1-2-6-4-7(12)8(10)11-5-6/h1-2,4-5,12H,(H2,10,11). The van der Waals surface area contributed by atoms with Gasteiger partial charge in [-0.2, -0.15) is 5.26 Å². The van der Waals surface area contributed by atoms with Crippen LogP contribution in [0.25, 0.3) is 6.08 Å². The molecule has 0 aliphatic rings. The Morgan fingerprint density at radius 1 is 1.67 bits per heavy atom. The van der Waals surface area contributed by atoms with Crippen molar-refractivity contribution in [1.29, 1.82) is 5.26 Å². The molecule has 1 aromatic heterocycles. The van der Waals surface area contributed by atoms with E-state index in [0.717, 1.165) is 0 Å². The molecule has 4 nitrogen and oxygen atoms in total. The van der Waals surface area contributed by atoms with Crippen molar-refractivity contribution in [1.82, 2.24) is 4.98 Å². The van der Waals surface area contributed by atoms with Gasteiger partial charge in [0.1, 0.15) is 0 Å². The first-order valence-electron chi connectivity index (χ1n) is 3.24. The lowest BCUT2D eigenvalue weighted by Crippen LogP contribution is -1.89. The molecule has 0 bridgehead atoms. The Morgan fingerprint density at radius 2 is 2.42 bits per heavy atom. The maximum atomic E-state index is 9.10. The summed E-state index contributed by atoms with van der Waals surface area (Å²) in [6.45, 7) is 0. The third kappa shape index (κ3) is 1.73. The van der Waals surface area contributed by atoms with Crippen LogP contribution in [0.1, 0.15) is 5.56 Å². The molecule has 4 heteroatoms. The summed E-state index contributed by atoms with van der Waals surface area (Å²) in [5, 5.41) is 17.3. The number of aromatic hydroxyl groups is 1. The number of anilines is 1. The molecule has 1 heterocycles. The van der Waals surface area contributed by atoms with Crippen LogP contribution in [-0.2, 0) is 0 Å². The van der Waals surface area contributed by atoms with Crippen LogP contribution in [0, 0.1) is 11.3 Å². The first-order chi connectivity index (χ1) is 5.74. The van der Waals surface area contributed by atoms with Gasteiger partial charge in [0.2, 0.25) is 0 Å². The number of hydrogen-bond acceptors (Lipinski definition) is 4. The van der Waals surface area contributed by atoms with Gasteiger partial charge in [0, 0.05) is 12.3 Å². The second-order valence-electron chi connectivity index (χ2n) is 2.14. The van der Waals surface area contributed by atoms with Gasteiger partial charge in [-0.15, -0.1) is 0 Å². The highest BCUT2D eigenvalue weighted by atomic mass is 16.3. The molecule has 0 saturated carbocycles. The molecule has 0 amide bonds. The lowest BCUT2D eigenvalue weighted by molar-refractivity contribution is 0.475. The minimum absolute atomic E-state index is 0.0740. The quantitative estimate of drug-likeness (QED) is 0.599. The number of nitrogen functional groups attached to an aromatic ring is 1. The lowest BCUT2D eigenvalue weighted by Gasteiger charge is -1.97. The van der Waals surface area contributed by atoms with Crippen molar-refractivity contribution >= 4 is 11.9 Å². The number of rotatable bonds is 1. The predicted octanol–water partition coefficient (Wildman–Crippen LogP) is 0.906. The Hall–Kier alpha value is -2.02. The fourth-order valence-electron chi connectivity index (χ4n) is 0.704. The molecule has 3 N–H and O–H groups in total. The van der Waals surface area contributed by atoms with Crippen LogP contribution in [0.2, 0.25) is 0 Å². The molecule has 0 fully saturated rings. The van der Waals surface area contributed by atoms with E-state index >= 15 is 0 Å². The molecule has 0 aromatic carbocycles. The largest absolute Gasteiger partial charge is 0.504 e. The van der Waals surface area contributed by atoms with Crippen molar-refractivity contribution in [2.45, 2.75) is 0 Å². The van der Waals surface area contributed by atoms with Gasteiger partial charge < -0.3 is 10.8 Å². The zero-order chi connectivity index (χ0) is 8.97. The number of nitriles is 1. The van der Waals surface area contributed by atoms with Crippen LogP contribution in [0.3, 0.4) is 0 Å². The summed E-state index contributed by atoms with van der Waals surface area (Å²) in [5.41, 5.74) is 5.91. The van der Waals surface area contributed by atoms with Crippen LogP contribution in [0.4, 0.5) is 5.82 Å². The molecule has 60 valence electrons. The first kappa shape index (κ1) is 8.08. The first-order valence-corrected chi connectivity index (χ1v) is 3.24. The second-order valence-corrected chi connectivity index (χ2v) is 2.14. The molecule has 0 atom stereocenters. The average Bonchev–Trinajstić information content (AvgIpc) is 2.07. The Kier molecular flexibility index (Phi) is 2.29. The smallest absolute Gasteiger partial charge is 0.165 e. The average molecular weight is 161 g/mol. The van der Waals surface area contributed by atoms with E-state index in [9.17, 15) is 0 Å². The maximum Gasteiger partial charge on any atom is 0.165 e. The van der Waals surface area contributed by atoms with Gasteiger partial charge in [-0.1, -0.05) is 0 Å². The van der Waals surface area contributed by atoms with Crippen molar-refractivity contribution in [3.8, 4) is 11.8 Å². The molecule has 0 saturated heterocycles. The van der Waals surface area contributed by atoms with Gasteiger partial charge in [-0.3, -0.25) is 0 Å². The van der Waals surface area contributed by atoms with Gasteiger partial charge in [-0.05, 0) is 17.7 Å². The molecule has 0 radical (unpaired) electrons. The molecule has 1 aromatic rings. The van der Waals surface area contributed by atoms with E-state index in [4.69, 9.17) is 16.1 Å². The number of allylic oxidation sites excluding steroid dienone is 1. The summed E-state index contributed by atoms with van der Waals surface area (Å²) in [6.07, 6.45) is 4.31. The number of hydrogen-bond donors (Lipinski definition) is 2. The summed E-state index contributed by atoms with van der Waals surface area (Å²) in [7, 11) is 0. The van der Waals surface area contributed by atoms with Crippen LogP contribution in [0.15, 0.2) is 18.3 Å². The Balaban J connectivity index is 2.99. The molecule has 1 rings (SSSR count). The van der Waals surface area contributed by atoms with E-state index in [-0.39, 0.29) is 11.6 Å². The van der Waals surface area contributed by atoms with Gasteiger partial charge in [-0.25, -0.2) is 4.98 Å². The number of nitrogens with zero attached hydrogens (tertiary/aromatic N) is 2. The van der Waals surface area contributed by atoms with Gasteiger partial charge in [0.15, 0.2) is 11.6 Å². The van der Waals surface area contributed by atoms with Crippen molar-refractivity contribution in [3.63, 3.8) is 0 Å². The highest BCUT2D eigenvalue weighted by Crippen LogP contribution is 2.17. The van der Waals surface area contributed by atoms with Crippen molar-refractivity contribution in [2.24, 2.45) is 0 Å². The van der Waals surface area contributed by atoms with Crippen LogP contribution in [-0.4, -0.2) is 10.1 Å². The van der Waals surface area contributed by atoms with E-state index in [1.165, 1.54) is 24.4 Å². The lowest BCUT2D eigenvalue weighted by atomic mass is 10.2. The highest BCUT2D eigenvalue weighted by molar-refractivity contribution is 5.57. The van der Waals surface area contributed by atoms with Crippen molar-refractivity contribution in [3.05, 3.63) is 23.9 Å². The van der Waals surface area contributed by atoms with Crippen LogP contribution in [0.5, 0.6) is 5.75 Å². The Labute approximate surface area is 69.6 Å². The summed E-state index contributed by atoms with van der Waals surface area (Å²) in [5.74, 6) is 0.0131. The van der Waals surface area contributed by atoms with Crippen molar-refractivity contribution < 1.29 is 5.11 Å². The molecule has 12 heavy (non-hydrogen) atoms. The Bertz CT molecular complexity index is 352. The third-order valence-electron chi connectivity index (χ3n) is 1.27. The van der Waals surface area contributed by atoms with Crippen LogP contribution >= 0.6 is 0 Å². The minimum atomic E-state index is -0.0740. The predicted molar refractivity (Wildman–Crippen MR) is 45.0 cm³/mol. The van der Waals surface area contributed by atoms with E-state index in [2.05, 4.69) is 4.98 Å². The van der Waals surface area contributed by atoms with Crippen LogP contribution < -0.4 is 5.73 Å². The summed E-state index contributed by atoms with van der Waals surface area (Å²) >= 11 is 0. The third-order valence-corrected chi connectivity index (χ3v) is 1.27. The van der Waals surface area contributed by atoms with Crippen molar-refractivity contribution in [2.75, 3.05) is 5.73 Å². The summed E-state index contributed by atoms with van der Waals surface area (Å²) in [6, 6.07) is 3.27. The van der Waals surface area contributed by atoms with E-state index in [1.807, 2.05) is 6.07 Å². The second kappa shape index (κ2) is 3.39. The SMILES string of the molecule is N#CC=Cc1cnc(N)c(O)c1. The molecule has 0 aliphatic heterocycles. The monoisotopic (exact) mass is 161 g/mol. The summed E-state index contributed by atoms with van der Waals surface area (Å²) in [4.78, 5) is 3.70. The van der Waals surface area contributed by atoms with E-state index in [0.29, 0.717) is 5.56 Å². The zero-order valence-electron chi connectivity index (χ0n) is 6.23. The normalized spacial score (nSPS) is 9.92. The van der Waals surface area contributed by atoms with Gasteiger partial charge in [0.25, 0.3) is 0 Å². The molecular formula is C8H7N3O. The number of nitrogens with two attached hydrogens (primary N) is 1. The molecule has 0 spiro atoms. The van der Waals surface area contributed by atoms with Gasteiger partial charge >= 0.3 is 0 Å². The molecular weight excluding hydrogens is 154 g/mol. The molecule has 0 unspecified atom stereocenters. The topological polar surface area (TPSA) is 82.9 Å². The summed E-state index contributed by atoms with van der Waals surface area (Å²) < 4.78 is 0. The van der Waals surface area contributed by atoms with E-state index < -0.39 is 0 Å². The molecule has 0 aliphatic carbocycles. The minimum Gasteiger partial charge on any atom is -0.504 e. The number of pyridine rings is 1. The zero-order valence-corrected chi connectivity index (χ0v) is 6.23. The maximum absolute atomic E-state index is 9.10. The fourth-order valence-corrected chi connectivity index (χ4v) is 0.704. The van der Waals surface area contributed by atoms with E-state index in [1.54, 1.807) is 0 Å². The fraction of sp³-hybridized carbons (Fsp3) is 0.